The van der Waals surface area contributed by atoms with E-state index in [-0.39, 0.29) is 5.69 Å². The van der Waals surface area contributed by atoms with E-state index in [0.717, 1.165) is 5.56 Å². The minimum atomic E-state index is -0.449. The molecule has 0 aliphatic heterocycles. The second-order valence-corrected chi connectivity index (χ2v) is 4.53. The second-order valence-electron chi connectivity index (χ2n) is 4.09. The van der Waals surface area contributed by atoms with Gasteiger partial charge in [0.15, 0.2) is 0 Å². The molecule has 0 fully saturated rings. The Bertz CT molecular complexity index is 654. The Kier molecular flexibility index (Phi) is 4.32. The molecule has 0 heterocycles. The standard InChI is InChI=1S/C14H12ClN3O2/c1-10(11-6-8-12(15)9-7-11)16-17-13-4-2-3-5-14(13)18(19)20/h2-9,17H,1H3/b16-10+. The number of hydrogen-bond acceptors (Lipinski definition) is 4. The zero-order valence-corrected chi connectivity index (χ0v) is 11.5. The predicted octanol–water partition coefficient (Wildman–Crippen LogP) is 4.08. The lowest BCUT2D eigenvalue weighted by Gasteiger charge is -2.04. The lowest BCUT2D eigenvalue weighted by atomic mass is 10.1. The maximum Gasteiger partial charge on any atom is 0.294 e. The number of hydrazone groups is 1. The first kappa shape index (κ1) is 14.0. The Balaban J connectivity index is 2.21. The quantitative estimate of drug-likeness (QED) is 0.524. The smallest absolute Gasteiger partial charge is 0.271 e. The number of nitrogens with zero attached hydrogens (tertiary/aromatic N) is 2. The maximum atomic E-state index is 10.9. The molecule has 0 amide bonds. The van der Waals surface area contributed by atoms with Gasteiger partial charge in [0, 0.05) is 11.1 Å². The summed E-state index contributed by atoms with van der Waals surface area (Å²) >= 11 is 5.81. The summed E-state index contributed by atoms with van der Waals surface area (Å²) < 4.78 is 0. The van der Waals surface area contributed by atoms with Crippen LogP contribution in [0.2, 0.25) is 5.02 Å². The lowest BCUT2D eigenvalue weighted by Crippen LogP contribution is -2.01. The molecular formula is C14H12ClN3O2. The fourth-order valence-electron chi connectivity index (χ4n) is 1.63. The van der Waals surface area contributed by atoms with Crippen molar-refractivity contribution in [3.05, 3.63) is 69.2 Å². The number of halogens is 1. The normalized spacial score (nSPS) is 11.2. The van der Waals surface area contributed by atoms with Gasteiger partial charge in [-0.05, 0) is 30.7 Å². The Morgan fingerprint density at radius 1 is 1.20 bits per heavy atom. The van der Waals surface area contributed by atoms with Crippen molar-refractivity contribution in [1.29, 1.82) is 0 Å². The summed E-state index contributed by atoms with van der Waals surface area (Å²) in [6.07, 6.45) is 0. The first-order valence-electron chi connectivity index (χ1n) is 5.87. The van der Waals surface area contributed by atoms with Gasteiger partial charge in [0.25, 0.3) is 5.69 Å². The van der Waals surface area contributed by atoms with Crippen molar-refractivity contribution in [2.24, 2.45) is 5.10 Å². The van der Waals surface area contributed by atoms with Crippen molar-refractivity contribution < 1.29 is 4.92 Å². The monoisotopic (exact) mass is 289 g/mol. The van der Waals surface area contributed by atoms with E-state index in [4.69, 9.17) is 11.6 Å². The number of hydrogen-bond donors (Lipinski definition) is 1. The first-order valence-corrected chi connectivity index (χ1v) is 6.25. The number of nitro benzene ring substituents is 1. The molecule has 0 aromatic heterocycles. The summed E-state index contributed by atoms with van der Waals surface area (Å²) in [5, 5.41) is 15.7. The molecule has 6 heteroatoms. The fraction of sp³-hybridized carbons (Fsp3) is 0.0714. The molecule has 0 saturated heterocycles. The maximum absolute atomic E-state index is 10.9. The first-order chi connectivity index (χ1) is 9.58. The van der Waals surface area contributed by atoms with Crippen LogP contribution in [0, 0.1) is 10.1 Å². The van der Waals surface area contributed by atoms with E-state index in [1.165, 1.54) is 6.07 Å². The van der Waals surface area contributed by atoms with E-state index < -0.39 is 4.92 Å². The Morgan fingerprint density at radius 2 is 1.85 bits per heavy atom. The van der Waals surface area contributed by atoms with Crippen LogP contribution in [-0.2, 0) is 0 Å². The third kappa shape index (κ3) is 3.33. The van der Waals surface area contributed by atoms with Gasteiger partial charge in [0.2, 0.25) is 0 Å². The number of para-hydroxylation sites is 2. The van der Waals surface area contributed by atoms with Crippen LogP contribution in [0.4, 0.5) is 11.4 Å². The van der Waals surface area contributed by atoms with Gasteiger partial charge in [-0.25, -0.2) is 0 Å². The van der Waals surface area contributed by atoms with Crippen molar-refractivity contribution in [2.75, 3.05) is 5.43 Å². The summed E-state index contributed by atoms with van der Waals surface area (Å²) in [5.41, 5.74) is 4.66. The van der Waals surface area contributed by atoms with Crippen LogP contribution in [0.25, 0.3) is 0 Å². The third-order valence-electron chi connectivity index (χ3n) is 2.71. The topological polar surface area (TPSA) is 67.5 Å². The molecule has 2 aromatic carbocycles. The summed E-state index contributed by atoms with van der Waals surface area (Å²) in [5.74, 6) is 0. The van der Waals surface area contributed by atoms with E-state index in [1.807, 2.05) is 19.1 Å². The van der Waals surface area contributed by atoms with E-state index in [2.05, 4.69) is 10.5 Å². The van der Waals surface area contributed by atoms with Gasteiger partial charge in [0.1, 0.15) is 5.69 Å². The van der Waals surface area contributed by atoms with Crippen molar-refractivity contribution in [2.45, 2.75) is 6.92 Å². The van der Waals surface area contributed by atoms with Crippen molar-refractivity contribution in [3.63, 3.8) is 0 Å². The lowest BCUT2D eigenvalue weighted by molar-refractivity contribution is -0.384. The van der Waals surface area contributed by atoms with E-state index in [0.29, 0.717) is 16.4 Å². The Hall–Kier alpha value is -2.40. The number of benzene rings is 2. The summed E-state index contributed by atoms with van der Waals surface area (Å²) in [7, 11) is 0. The van der Waals surface area contributed by atoms with Crippen LogP contribution >= 0.6 is 11.6 Å². The van der Waals surface area contributed by atoms with Gasteiger partial charge in [-0.1, -0.05) is 35.9 Å². The molecule has 0 radical (unpaired) electrons. The largest absolute Gasteiger partial charge is 0.294 e. The van der Waals surface area contributed by atoms with Crippen LogP contribution in [-0.4, -0.2) is 10.6 Å². The van der Waals surface area contributed by atoms with Crippen LogP contribution < -0.4 is 5.43 Å². The van der Waals surface area contributed by atoms with Crippen LogP contribution in [0.1, 0.15) is 12.5 Å². The van der Waals surface area contributed by atoms with Crippen molar-refractivity contribution in [1.82, 2.24) is 0 Å². The van der Waals surface area contributed by atoms with E-state index >= 15 is 0 Å². The Labute approximate surface area is 121 Å². The molecule has 5 nitrogen and oxygen atoms in total. The van der Waals surface area contributed by atoms with Gasteiger partial charge >= 0.3 is 0 Å². The minimum Gasteiger partial charge on any atom is -0.271 e. The number of rotatable bonds is 4. The molecule has 1 N–H and O–H groups in total. The Morgan fingerprint density at radius 3 is 2.50 bits per heavy atom. The molecule has 0 spiro atoms. The highest BCUT2D eigenvalue weighted by atomic mass is 35.5. The van der Waals surface area contributed by atoms with Gasteiger partial charge in [-0.2, -0.15) is 5.10 Å². The molecule has 0 aliphatic rings. The molecule has 2 rings (SSSR count). The average Bonchev–Trinajstić information content (AvgIpc) is 2.45. The molecule has 0 saturated carbocycles. The SMILES string of the molecule is C/C(=N\Nc1ccccc1[N+](=O)[O-])c1ccc(Cl)cc1. The zero-order chi connectivity index (χ0) is 14.5. The molecule has 0 atom stereocenters. The highest BCUT2D eigenvalue weighted by Crippen LogP contribution is 2.23. The summed E-state index contributed by atoms with van der Waals surface area (Å²) in [6.45, 7) is 1.81. The van der Waals surface area contributed by atoms with E-state index in [9.17, 15) is 10.1 Å². The van der Waals surface area contributed by atoms with Crippen LogP contribution in [0.15, 0.2) is 53.6 Å². The molecular weight excluding hydrogens is 278 g/mol. The summed E-state index contributed by atoms with van der Waals surface area (Å²) in [6, 6.07) is 13.6. The second kappa shape index (κ2) is 6.16. The molecule has 0 unspecified atom stereocenters. The zero-order valence-electron chi connectivity index (χ0n) is 10.7. The van der Waals surface area contributed by atoms with Crippen molar-refractivity contribution in [3.8, 4) is 0 Å². The predicted molar refractivity (Wildman–Crippen MR) is 80.4 cm³/mol. The van der Waals surface area contributed by atoms with Gasteiger partial charge < -0.3 is 0 Å². The molecule has 0 bridgehead atoms. The third-order valence-corrected chi connectivity index (χ3v) is 2.96. The number of anilines is 1. The number of nitro groups is 1. The van der Waals surface area contributed by atoms with Crippen LogP contribution in [0.5, 0.6) is 0 Å². The molecule has 2 aromatic rings. The highest BCUT2D eigenvalue weighted by Gasteiger charge is 2.11. The minimum absolute atomic E-state index is 0.0137. The van der Waals surface area contributed by atoms with Crippen LogP contribution in [0.3, 0.4) is 0 Å². The summed E-state index contributed by atoms with van der Waals surface area (Å²) in [4.78, 5) is 10.4. The van der Waals surface area contributed by atoms with Gasteiger partial charge in [-0.3, -0.25) is 15.5 Å². The fourth-order valence-corrected chi connectivity index (χ4v) is 1.75. The number of nitrogens with one attached hydrogen (secondary N) is 1. The van der Waals surface area contributed by atoms with Crippen molar-refractivity contribution >= 4 is 28.7 Å². The highest BCUT2D eigenvalue weighted by molar-refractivity contribution is 6.30. The molecule has 102 valence electrons. The van der Waals surface area contributed by atoms with Gasteiger partial charge in [0.05, 0.1) is 10.6 Å². The van der Waals surface area contributed by atoms with E-state index in [1.54, 1.807) is 30.3 Å². The average molecular weight is 290 g/mol. The molecule has 0 aliphatic carbocycles. The van der Waals surface area contributed by atoms with Gasteiger partial charge in [-0.15, -0.1) is 0 Å². The molecule has 20 heavy (non-hydrogen) atoms.